The molecule has 3 heterocycles. The number of nitrogens with zero attached hydrogens (tertiary/aromatic N) is 5. The lowest BCUT2D eigenvalue weighted by Crippen LogP contribution is -2.40. The monoisotopic (exact) mass is 446 g/mol. The number of anilines is 1. The number of benzene rings is 2. The summed E-state index contributed by atoms with van der Waals surface area (Å²) in [6.45, 7) is 2.00. The van der Waals surface area contributed by atoms with Crippen LogP contribution in [0.1, 0.15) is 18.4 Å². The number of imidazole rings is 1. The third-order valence-electron chi connectivity index (χ3n) is 5.96. The van der Waals surface area contributed by atoms with Gasteiger partial charge in [-0.25, -0.2) is 9.97 Å². The topological polar surface area (TPSA) is 75.9 Å². The third-order valence-corrected chi connectivity index (χ3v) is 6.31. The van der Waals surface area contributed by atoms with Crippen molar-refractivity contribution in [2.24, 2.45) is 5.92 Å². The Bertz CT molecular complexity index is 1230. The van der Waals surface area contributed by atoms with Gasteiger partial charge in [-0.1, -0.05) is 29.8 Å². The first kappa shape index (κ1) is 20.5. The molecule has 4 aromatic rings. The van der Waals surface area contributed by atoms with E-state index < -0.39 is 0 Å². The number of aromatic nitrogens is 4. The molecule has 1 amide bonds. The number of rotatable bonds is 5. The van der Waals surface area contributed by atoms with Crippen molar-refractivity contribution >= 4 is 34.4 Å². The zero-order valence-corrected chi connectivity index (χ0v) is 18.2. The Hall–Kier alpha value is -3.45. The summed E-state index contributed by atoms with van der Waals surface area (Å²) >= 11 is 6.55. The Morgan fingerprint density at radius 2 is 1.94 bits per heavy atom. The van der Waals surface area contributed by atoms with Crippen molar-refractivity contribution in [2.75, 3.05) is 18.0 Å². The minimum Gasteiger partial charge on any atom is -0.355 e. The summed E-state index contributed by atoms with van der Waals surface area (Å²) in [6.07, 6.45) is 8.51. The molecule has 1 saturated heterocycles. The van der Waals surface area contributed by atoms with Gasteiger partial charge in [0.05, 0.1) is 17.2 Å². The van der Waals surface area contributed by atoms with Crippen LogP contribution in [0.4, 0.5) is 5.82 Å². The summed E-state index contributed by atoms with van der Waals surface area (Å²) in [6, 6.07) is 13.8. The van der Waals surface area contributed by atoms with Crippen molar-refractivity contribution in [3.63, 3.8) is 0 Å². The quantitative estimate of drug-likeness (QED) is 0.501. The van der Waals surface area contributed by atoms with Gasteiger partial charge in [0.2, 0.25) is 5.91 Å². The maximum atomic E-state index is 12.7. The van der Waals surface area contributed by atoms with Crippen LogP contribution in [-0.2, 0) is 11.3 Å². The molecule has 0 spiro atoms. The average Bonchev–Trinajstić information content (AvgIpc) is 3.28. The largest absolute Gasteiger partial charge is 0.355 e. The van der Waals surface area contributed by atoms with Gasteiger partial charge < -0.3 is 10.2 Å². The van der Waals surface area contributed by atoms with Gasteiger partial charge in [0, 0.05) is 48.7 Å². The van der Waals surface area contributed by atoms with Crippen molar-refractivity contribution in [1.82, 2.24) is 24.8 Å². The minimum absolute atomic E-state index is 0.00159. The van der Waals surface area contributed by atoms with Gasteiger partial charge in [0.1, 0.15) is 12.1 Å². The van der Waals surface area contributed by atoms with E-state index in [0.29, 0.717) is 11.6 Å². The molecule has 0 atom stereocenters. The molecule has 1 N–H and O–H groups in total. The van der Waals surface area contributed by atoms with Gasteiger partial charge in [0.25, 0.3) is 0 Å². The SMILES string of the molecule is O=C(NCc1ccc(-n2cnc3ccccc32)cc1Cl)C1CCN(c2cnccn2)CC1. The maximum absolute atomic E-state index is 12.7. The molecule has 7 nitrogen and oxygen atoms in total. The molecule has 1 aliphatic heterocycles. The fourth-order valence-electron chi connectivity index (χ4n) is 4.15. The second-order valence-corrected chi connectivity index (χ2v) is 8.33. The molecule has 0 bridgehead atoms. The molecule has 0 radical (unpaired) electrons. The molecule has 0 unspecified atom stereocenters. The summed E-state index contributed by atoms with van der Waals surface area (Å²) in [5, 5.41) is 3.68. The molecular formula is C24H23ClN6O. The number of piperidine rings is 1. The maximum Gasteiger partial charge on any atom is 0.223 e. The van der Waals surface area contributed by atoms with Crippen LogP contribution in [0.15, 0.2) is 67.4 Å². The van der Waals surface area contributed by atoms with Crippen molar-refractivity contribution in [3.05, 3.63) is 78.0 Å². The Labute approximate surface area is 191 Å². The molecule has 1 fully saturated rings. The zero-order valence-electron chi connectivity index (χ0n) is 17.5. The molecule has 162 valence electrons. The fourth-order valence-corrected chi connectivity index (χ4v) is 4.39. The first-order chi connectivity index (χ1) is 15.7. The van der Waals surface area contributed by atoms with Crippen LogP contribution < -0.4 is 10.2 Å². The number of hydrogen-bond acceptors (Lipinski definition) is 5. The highest BCUT2D eigenvalue weighted by atomic mass is 35.5. The number of carbonyl (C=O) groups excluding carboxylic acids is 1. The predicted molar refractivity (Wildman–Crippen MR) is 125 cm³/mol. The van der Waals surface area contributed by atoms with E-state index in [1.807, 2.05) is 47.0 Å². The molecular weight excluding hydrogens is 424 g/mol. The van der Waals surface area contributed by atoms with E-state index in [1.165, 1.54) is 0 Å². The van der Waals surface area contributed by atoms with Crippen LogP contribution in [0, 0.1) is 5.92 Å². The predicted octanol–water partition coefficient (Wildman–Crippen LogP) is 4.00. The smallest absolute Gasteiger partial charge is 0.223 e. The van der Waals surface area contributed by atoms with Crippen LogP contribution in [0.2, 0.25) is 5.02 Å². The van der Waals surface area contributed by atoms with Gasteiger partial charge >= 0.3 is 0 Å². The van der Waals surface area contributed by atoms with E-state index in [4.69, 9.17) is 11.6 Å². The average molecular weight is 447 g/mol. The number of carbonyl (C=O) groups is 1. The molecule has 5 rings (SSSR count). The minimum atomic E-state index is -0.00159. The van der Waals surface area contributed by atoms with E-state index in [0.717, 1.165) is 54.0 Å². The number of hydrogen-bond donors (Lipinski definition) is 1. The second-order valence-electron chi connectivity index (χ2n) is 7.92. The first-order valence-corrected chi connectivity index (χ1v) is 11.1. The molecule has 0 saturated carbocycles. The van der Waals surface area contributed by atoms with Crippen LogP contribution >= 0.6 is 11.6 Å². The molecule has 32 heavy (non-hydrogen) atoms. The van der Waals surface area contributed by atoms with Crippen LogP contribution in [-0.4, -0.2) is 38.5 Å². The van der Waals surface area contributed by atoms with Crippen molar-refractivity contribution in [3.8, 4) is 5.69 Å². The van der Waals surface area contributed by atoms with Gasteiger partial charge in [0.15, 0.2) is 0 Å². The highest BCUT2D eigenvalue weighted by Gasteiger charge is 2.25. The van der Waals surface area contributed by atoms with Crippen LogP contribution in [0.25, 0.3) is 16.7 Å². The third kappa shape index (κ3) is 4.16. The number of amides is 1. The molecule has 8 heteroatoms. The second kappa shape index (κ2) is 8.96. The normalized spacial score (nSPS) is 14.6. The van der Waals surface area contributed by atoms with Crippen molar-refractivity contribution in [2.45, 2.75) is 19.4 Å². The standard InChI is InChI=1S/C24H23ClN6O/c25-20-13-19(31-16-29-21-3-1-2-4-22(21)31)6-5-18(20)14-28-24(32)17-7-11-30(12-8-17)23-15-26-9-10-27-23/h1-6,9-10,13,15-17H,7-8,11-12,14H2,(H,28,32). The zero-order chi connectivity index (χ0) is 21.9. The summed E-state index contributed by atoms with van der Waals surface area (Å²) in [5.41, 5.74) is 3.79. The summed E-state index contributed by atoms with van der Waals surface area (Å²) < 4.78 is 2.01. The Morgan fingerprint density at radius 3 is 2.72 bits per heavy atom. The lowest BCUT2D eigenvalue weighted by molar-refractivity contribution is -0.125. The molecule has 2 aromatic heterocycles. The van der Waals surface area contributed by atoms with E-state index >= 15 is 0 Å². The van der Waals surface area contributed by atoms with Crippen molar-refractivity contribution in [1.29, 1.82) is 0 Å². The Morgan fingerprint density at radius 1 is 1.09 bits per heavy atom. The lowest BCUT2D eigenvalue weighted by Gasteiger charge is -2.31. The van der Waals surface area contributed by atoms with Crippen LogP contribution in [0.3, 0.4) is 0 Å². The fraction of sp³-hybridized carbons (Fsp3) is 0.250. The number of fused-ring (bicyclic) bond motifs is 1. The van der Waals surface area contributed by atoms with Gasteiger partial charge in [-0.15, -0.1) is 0 Å². The van der Waals surface area contributed by atoms with E-state index in [1.54, 1.807) is 24.9 Å². The Kier molecular flexibility index (Phi) is 5.73. The number of nitrogens with one attached hydrogen (secondary N) is 1. The highest BCUT2D eigenvalue weighted by molar-refractivity contribution is 6.31. The molecule has 1 aliphatic rings. The Balaban J connectivity index is 1.19. The van der Waals surface area contributed by atoms with Gasteiger partial charge in [-0.05, 0) is 42.7 Å². The molecule has 2 aromatic carbocycles. The lowest BCUT2D eigenvalue weighted by atomic mass is 9.96. The first-order valence-electron chi connectivity index (χ1n) is 10.7. The summed E-state index contributed by atoms with van der Waals surface area (Å²) in [7, 11) is 0. The number of halogens is 1. The highest BCUT2D eigenvalue weighted by Crippen LogP contribution is 2.25. The summed E-state index contributed by atoms with van der Waals surface area (Å²) in [4.78, 5) is 27.8. The van der Waals surface area contributed by atoms with E-state index in [-0.39, 0.29) is 11.8 Å². The van der Waals surface area contributed by atoms with Crippen LogP contribution in [0.5, 0.6) is 0 Å². The summed E-state index contributed by atoms with van der Waals surface area (Å²) in [5.74, 6) is 0.937. The number of para-hydroxylation sites is 2. The van der Waals surface area contributed by atoms with Crippen molar-refractivity contribution < 1.29 is 4.79 Å². The molecule has 0 aliphatic carbocycles. The van der Waals surface area contributed by atoms with Gasteiger partial charge in [-0.2, -0.15) is 0 Å². The van der Waals surface area contributed by atoms with Gasteiger partial charge in [-0.3, -0.25) is 14.3 Å². The van der Waals surface area contributed by atoms with E-state index in [9.17, 15) is 4.79 Å². The van der Waals surface area contributed by atoms with E-state index in [2.05, 4.69) is 25.2 Å².